The van der Waals surface area contributed by atoms with Crippen molar-refractivity contribution in [3.05, 3.63) is 17.7 Å². The number of hydrogen-bond acceptors (Lipinski definition) is 4. The van der Waals surface area contributed by atoms with E-state index in [0.717, 1.165) is 6.07 Å². The van der Waals surface area contributed by atoms with Crippen molar-refractivity contribution in [1.29, 1.82) is 0 Å². The fourth-order valence-electron chi connectivity index (χ4n) is 1.61. The van der Waals surface area contributed by atoms with Gasteiger partial charge in [-0.1, -0.05) is 19.9 Å². The summed E-state index contributed by atoms with van der Waals surface area (Å²) in [6.45, 7) is 3.39. The number of rotatable bonds is 3. The van der Waals surface area contributed by atoms with Gasteiger partial charge in [-0.3, -0.25) is 4.79 Å². The molecule has 0 aliphatic heterocycles. The van der Waals surface area contributed by atoms with Crippen LogP contribution in [0.5, 0.6) is 17.2 Å². The third-order valence-corrected chi connectivity index (χ3v) is 2.43. The van der Waals surface area contributed by atoms with Gasteiger partial charge >= 0.3 is 5.97 Å². The van der Waals surface area contributed by atoms with E-state index < -0.39 is 29.1 Å². The summed E-state index contributed by atoms with van der Waals surface area (Å²) >= 11 is 0. The van der Waals surface area contributed by atoms with Crippen molar-refractivity contribution in [2.75, 3.05) is 0 Å². The molecule has 0 spiro atoms. The van der Waals surface area contributed by atoms with E-state index in [-0.39, 0.29) is 11.5 Å². The molecule has 1 aromatic carbocycles. The lowest BCUT2D eigenvalue weighted by Crippen LogP contribution is -2.17. The number of carboxylic acids is 1. The van der Waals surface area contributed by atoms with Crippen LogP contribution in [-0.4, -0.2) is 26.4 Å². The number of carboxylic acid groups (broad SMARTS) is 1. The average molecular weight is 226 g/mol. The van der Waals surface area contributed by atoms with Crippen molar-refractivity contribution < 1.29 is 25.2 Å². The lowest BCUT2D eigenvalue weighted by molar-refractivity contribution is -0.139. The molecule has 16 heavy (non-hydrogen) atoms. The first kappa shape index (κ1) is 12.2. The maximum Gasteiger partial charge on any atom is 0.311 e. The summed E-state index contributed by atoms with van der Waals surface area (Å²) in [5.41, 5.74) is 0.0952. The normalized spacial score (nSPS) is 12.7. The maximum atomic E-state index is 11.0. The summed E-state index contributed by atoms with van der Waals surface area (Å²) in [5.74, 6) is -4.01. The molecule has 0 amide bonds. The Hall–Kier alpha value is -1.91. The minimum atomic E-state index is -1.09. The van der Waals surface area contributed by atoms with Crippen molar-refractivity contribution >= 4 is 5.97 Å². The summed E-state index contributed by atoms with van der Waals surface area (Å²) in [7, 11) is 0. The van der Waals surface area contributed by atoms with Crippen LogP contribution in [0, 0.1) is 5.92 Å². The Labute approximate surface area is 92.6 Å². The van der Waals surface area contributed by atoms with E-state index in [1.165, 1.54) is 6.07 Å². The van der Waals surface area contributed by atoms with Gasteiger partial charge in [-0.25, -0.2) is 0 Å². The van der Waals surface area contributed by atoms with Crippen LogP contribution in [0.2, 0.25) is 0 Å². The second kappa shape index (κ2) is 4.30. The highest BCUT2D eigenvalue weighted by Crippen LogP contribution is 2.42. The standard InChI is InChI=1S/C11H14O5/c1-5(2)8(11(15)16)6-3-4-7(12)10(14)9(6)13/h3-5,8,12-14H,1-2H3,(H,15,16). The number of carbonyl (C=O) groups is 1. The molecule has 5 nitrogen and oxygen atoms in total. The number of aliphatic carboxylic acids is 1. The highest BCUT2D eigenvalue weighted by atomic mass is 16.4. The zero-order chi connectivity index (χ0) is 12.5. The van der Waals surface area contributed by atoms with Crippen molar-refractivity contribution in [3.8, 4) is 17.2 Å². The Morgan fingerprint density at radius 3 is 2.12 bits per heavy atom. The lowest BCUT2D eigenvalue weighted by atomic mass is 9.87. The Balaban J connectivity index is 3.31. The van der Waals surface area contributed by atoms with E-state index in [9.17, 15) is 15.0 Å². The molecular weight excluding hydrogens is 212 g/mol. The molecule has 0 saturated heterocycles. The number of phenolic OH excluding ortho intramolecular Hbond substituents is 3. The van der Waals surface area contributed by atoms with Crippen molar-refractivity contribution in [1.82, 2.24) is 0 Å². The molecular formula is C11H14O5. The average Bonchev–Trinajstić information content (AvgIpc) is 2.17. The molecule has 0 saturated carbocycles. The van der Waals surface area contributed by atoms with E-state index in [1.54, 1.807) is 13.8 Å². The van der Waals surface area contributed by atoms with Gasteiger partial charge < -0.3 is 20.4 Å². The van der Waals surface area contributed by atoms with Crippen molar-refractivity contribution in [2.24, 2.45) is 5.92 Å². The summed E-state index contributed by atoms with van der Waals surface area (Å²) in [5, 5.41) is 37.0. The highest BCUT2D eigenvalue weighted by molar-refractivity contribution is 5.78. The summed E-state index contributed by atoms with van der Waals surface area (Å²) in [6.07, 6.45) is 0. The van der Waals surface area contributed by atoms with Gasteiger partial charge in [-0.15, -0.1) is 0 Å². The van der Waals surface area contributed by atoms with Gasteiger partial charge in [-0.2, -0.15) is 0 Å². The first-order valence-electron chi connectivity index (χ1n) is 4.82. The van der Waals surface area contributed by atoms with Crippen LogP contribution in [0.15, 0.2) is 12.1 Å². The Bertz CT molecular complexity index is 411. The zero-order valence-electron chi connectivity index (χ0n) is 9.01. The van der Waals surface area contributed by atoms with Gasteiger partial charge in [0.1, 0.15) is 0 Å². The summed E-state index contributed by atoms with van der Waals surface area (Å²) in [6, 6.07) is 2.45. The fraction of sp³-hybridized carbons (Fsp3) is 0.364. The molecule has 5 heteroatoms. The van der Waals surface area contributed by atoms with Gasteiger partial charge in [0, 0.05) is 5.56 Å². The van der Waals surface area contributed by atoms with Gasteiger partial charge in [-0.05, 0) is 12.0 Å². The first-order chi connectivity index (χ1) is 7.36. The largest absolute Gasteiger partial charge is 0.504 e. The molecule has 1 rings (SSSR count). The molecule has 4 N–H and O–H groups in total. The van der Waals surface area contributed by atoms with Crippen LogP contribution in [0.25, 0.3) is 0 Å². The van der Waals surface area contributed by atoms with Gasteiger partial charge in [0.2, 0.25) is 5.75 Å². The third kappa shape index (κ3) is 2.03. The Kier molecular flexibility index (Phi) is 3.27. The molecule has 0 aliphatic rings. The molecule has 0 aliphatic carbocycles. The second-order valence-electron chi connectivity index (χ2n) is 3.93. The Morgan fingerprint density at radius 2 is 1.69 bits per heavy atom. The summed E-state index contributed by atoms with van der Waals surface area (Å²) in [4.78, 5) is 11.0. The van der Waals surface area contributed by atoms with E-state index in [2.05, 4.69) is 0 Å². The van der Waals surface area contributed by atoms with Crippen LogP contribution >= 0.6 is 0 Å². The molecule has 1 unspecified atom stereocenters. The van der Waals surface area contributed by atoms with Gasteiger partial charge in [0.05, 0.1) is 5.92 Å². The SMILES string of the molecule is CC(C)C(C(=O)O)c1ccc(O)c(O)c1O. The topological polar surface area (TPSA) is 98.0 Å². The van der Waals surface area contributed by atoms with Crippen LogP contribution in [0.4, 0.5) is 0 Å². The van der Waals surface area contributed by atoms with Gasteiger partial charge in [0.15, 0.2) is 11.5 Å². The molecule has 0 radical (unpaired) electrons. The minimum Gasteiger partial charge on any atom is -0.504 e. The number of phenols is 3. The van der Waals surface area contributed by atoms with Gasteiger partial charge in [0.25, 0.3) is 0 Å². The molecule has 0 aromatic heterocycles. The first-order valence-corrected chi connectivity index (χ1v) is 4.82. The predicted octanol–water partition coefficient (Wildman–Crippen LogP) is 1.63. The zero-order valence-corrected chi connectivity index (χ0v) is 9.01. The maximum absolute atomic E-state index is 11.0. The molecule has 0 bridgehead atoms. The molecule has 88 valence electrons. The fourth-order valence-corrected chi connectivity index (χ4v) is 1.61. The predicted molar refractivity (Wildman–Crippen MR) is 56.7 cm³/mol. The highest BCUT2D eigenvalue weighted by Gasteiger charge is 2.28. The molecule has 1 atom stereocenters. The van der Waals surface area contributed by atoms with Crippen LogP contribution in [0.3, 0.4) is 0 Å². The smallest absolute Gasteiger partial charge is 0.311 e. The van der Waals surface area contributed by atoms with E-state index in [0.29, 0.717) is 0 Å². The number of benzene rings is 1. The van der Waals surface area contributed by atoms with Crippen molar-refractivity contribution in [2.45, 2.75) is 19.8 Å². The van der Waals surface area contributed by atoms with Crippen molar-refractivity contribution in [3.63, 3.8) is 0 Å². The van der Waals surface area contributed by atoms with E-state index in [1.807, 2.05) is 0 Å². The summed E-state index contributed by atoms with van der Waals surface area (Å²) < 4.78 is 0. The van der Waals surface area contributed by atoms with Crippen LogP contribution < -0.4 is 0 Å². The second-order valence-corrected chi connectivity index (χ2v) is 3.93. The van der Waals surface area contributed by atoms with Crippen LogP contribution in [0.1, 0.15) is 25.3 Å². The third-order valence-electron chi connectivity index (χ3n) is 2.43. The Morgan fingerprint density at radius 1 is 1.12 bits per heavy atom. The molecule has 1 aromatic rings. The number of aromatic hydroxyl groups is 3. The number of hydrogen-bond donors (Lipinski definition) is 4. The minimum absolute atomic E-state index is 0.0952. The molecule has 0 heterocycles. The van der Waals surface area contributed by atoms with E-state index in [4.69, 9.17) is 10.2 Å². The van der Waals surface area contributed by atoms with E-state index >= 15 is 0 Å². The lowest BCUT2D eigenvalue weighted by Gasteiger charge is -2.18. The quantitative estimate of drug-likeness (QED) is 0.587. The molecule has 0 fully saturated rings. The van der Waals surface area contributed by atoms with Crippen LogP contribution in [-0.2, 0) is 4.79 Å². The monoisotopic (exact) mass is 226 g/mol.